The second kappa shape index (κ2) is 7.70. The summed E-state index contributed by atoms with van der Waals surface area (Å²) in [5, 5.41) is 4.72. The van der Waals surface area contributed by atoms with Crippen molar-refractivity contribution >= 4 is 28.6 Å². The second-order valence-corrected chi connectivity index (χ2v) is 10.8. The summed E-state index contributed by atoms with van der Waals surface area (Å²) < 4.78 is 1.77. The van der Waals surface area contributed by atoms with Crippen LogP contribution in [0.4, 0.5) is 0 Å². The van der Waals surface area contributed by atoms with Gasteiger partial charge in [0.05, 0.1) is 16.7 Å². The molecule has 4 saturated carbocycles. The van der Waals surface area contributed by atoms with Crippen molar-refractivity contribution in [1.29, 1.82) is 0 Å². The number of carbonyl (C=O) groups excluding carboxylic acids is 1. The van der Waals surface area contributed by atoms with E-state index in [1.807, 2.05) is 31.2 Å². The summed E-state index contributed by atoms with van der Waals surface area (Å²) in [4.78, 5) is 30.8. The maximum Gasteiger partial charge on any atom is 0.262 e. The molecule has 0 saturated heterocycles. The van der Waals surface area contributed by atoms with Crippen LogP contribution in [0.1, 0.15) is 64.8 Å². The molecule has 0 unspecified atom stereocenters. The summed E-state index contributed by atoms with van der Waals surface area (Å²) >= 11 is 1.40. The van der Waals surface area contributed by atoms with Gasteiger partial charge in [0.15, 0.2) is 5.16 Å². The van der Waals surface area contributed by atoms with Gasteiger partial charge >= 0.3 is 0 Å². The predicted octanol–water partition coefficient (Wildman–Crippen LogP) is 4.54. The third-order valence-corrected chi connectivity index (χ3v) is 8.53. The summed E-state index contributed by atoms with van der Waals surface area (Å²) in [6, 6.07) is 7.52. The van der Waals surface area contributed by atoms with E-state index in [0.717, 1.165) is 43.4 Å². The molecule has 1 atom stereocenters. The number of amides is 1. The third-order valence-electron chi connectivity index (χ3n) is 7.58. The number of nitrogens with zero attached hydrogens (tertiary/aromatic N) is 2. The maximum absolute atomic E-state index is 13.1. The van der Waals surface area contributed by atoms with Crippen molar-refractivity contribution in [2.24, 2.45) is 17.8 Å². The van der Waals surface area contributed by atoms with Crippen LogP contribution in [-0.2, 0) is 4.79 Å². The first-order valence-electron chi connectivity index (χ1n) is 11.4. The number of para-hydroxylation sites is 1. The Morgan fingerprint density at radius 1 is 1.20 bits per heavy atom. The molecule has 160 valence electrons. The molecule has 4 bridgehead atoms. The van der Waals surface area contributed by atoms with E-state index in [9.17, 15) is 9.59 Å². The first kappa shape index (κ1) is 20.1. The fraction of sp³-hybridized carbons (Fsp3) is 0.625. The van der Waals surface area contributed by atoms with Crippen molar-refractivity contribution < 1.29 is 4.79 Å². The smallest absolute Gasteiger partial charge is 0.262 e. The number of carbonyl (C=O) groups is 1. The van der Waals surface area contributed by atoms with Crippen LogP contribution in [0.5, 0.6) is 0 Å². The molecule has 1 aromatic carbocycles. The van der Waals surface area contributed by atoms with Crippen LogP contribution < -0.4 is 10.9 Å². The number of rotatable bonds is 6. The molecule has 1 N–H and O–H groups in total. The summed E-state index contributed by atoms with van der Waals surface area (Å²) in [6.45, 7) is 4.11. The number of hydrogen-bond donors (Lipinski definition) is 1. The summed E-state index contributed by atoms with van der Waals surface area (Å²) in [5.74, 6) is 2.81. The van der Waals surface area contributed by atoms with Crippen LogP contribution in [0, 0.1) is 17.8 Å². The average molecular weight is 426 g/mol. The zero-order chi connectivity index (χ0) is 20.9. The molecule has 1 amide bonds. The quantitative estimate of drug-likeness (QED) is 0.545. The van der Waals surface area contributed by atoms with Gasteiger partial charge in [0.2, 0.25) is 5.91 Å². The van der Waals surface area contributed by atoms with Gasteiger partial charge in [-0.3, -0.25) is 14.2 Å². The molecule has 0 radical (unpaired) electrons. The van der Waals surface area contributed by atoms with Gasteiger partial charge in [-0.05, 0) is 81.8 Å². The minimum Gasteiger partial charge on any atom is -0.350 e. The van der Waals surface area contributed by atoms with E-state index in [4.69, 9.17) is 4.98 Å². The lowest BCUT2D eigenvalue weighted by atomic mass is 9.53. The van der Waals surface area contributed by atoms with E-state index < -0.39 is 0 Å². The molecular weight excluding hydrogens is 394 g/mol. The van der Waals surface area contributed by atoms with Gasteiger partial charge in [-0.15, -0.1) is 0 Å². The van der Waals surface area contributed by atoms with E-state index in [-0.39, 0.29) is 23.0 Å². The van der Waals surface area contributed by atoms with Gasteiger partial charge < -0.3 is 5.32 Å². The summed E-state index contributed by atoms with van der Waals surface area (Å²) in [6.07, 6.45) is 8.40. The Hall–Kier alpha value is -1.82. The van der Waals surface area contributed by atoms with Crippen molar-refractivity contribution in [3.8, 4) is 0 Å². The van der Waals surface area contributed by atoms with Crippen molar-refractivity contribution in [3.63, 3.8) is 0 Å². The van der Waals surface area contributed by atoms with E-state index in [1.54, 1.807) is 4.57 Å². The molecule has 4 aliphatic rings. The number of nitrogens with one attached hydrogen (secondary N) is 1. The lowest BCUT2D eigenvalue weighted by Gasteiger charge is -2.56. The van der Waals surface area contributed by atoms with Crippen LogP contribution in [0.15, 0.2) is 34.2 Å². The summed E-state index contributed by atoms with van der Waals surface area (Å²) in [7, 11) is 0. The Morgan fingerprint density at radius 3 is 2.47 bits per heavy atom. The standard InChI is InChI=1S/C24H31N3O2S/c1-3-15(2)27-22(29)19-6-4-5-7-20(19)25-23(27)30-14-21(28)26-24-11-16-8-17(12-24)10-18(9-16)13-24/h4-7,15-18H,3,8-14H2,1-2H3,(H,26,28)/t15-,16?,17?,18?,24?/m1/s1. The first-order chi connectivity index (χ1) is 14.5. The molecule has 1 heterocycles. The Bertz CT molecular complexity index is 995. The minimum absolute atomic E-state index is 0.0149. The monoisotopic (exact) mass is 425 g/mol. The minimum atomic E-state index is -0.0149. The van der Waals surface area contributed by atoms with Crippen LogP contribution in [0.25, 0.3) is 10.9 Å². The van der Waals surface area contributed by atoms with Crippen molar-refractivity contribution in [1.82, 2.24) is 14.9 Å². The lowest BCUT2D eigenvalue weighted by molar-refractivity contribution is -0.124. The van der Waals surface area contributed by atoms with Crippen LogP contribution in [0.2, 0.25) is 0 Å². The number of fused-ring (bicyclic) bond motifs is 1. The zero-order valence-electron chi connectivity index (χ0n) is 17.9. The molecule has 30 heavy (non-hydrogen) atoms. The van der Waals surface area contributed by atoms with Gasteiger partial charge in [0.1, 0.15) is 0 Å². The van der Waals surface area contributed by atoms with E-state index in [0.29, 0.717) is 21.8 Å². The predicted molar refractivity (Wildman–Crippen MR) is 121 cm³/mol. The van der Waals surface area contributed by atoms with E-state index in [2.05, 4.69) is 12.2 Å². The van der Waals surface area contributed by atoms with Crippen LogP contribution in [-0.4, -0.2) is 26.8 Å². The van der Waals surface area contributed by atoms with Gasteiger partial charge in [0.25, 0.3) is 5.56 Å². The Morgan fingerprint density at radius 2 is 1.83 bits per heavy atom. The van der Waals surface area contributed by atoms with E-state index >= 15 is 0 Å². The van der Waals surface area contributed by atoms with Gasteiger partial charge in [-0.2, -0.15) is 0 Å². The fourth-order valence-electron chi connectivity index (χ4n) is 6.52. The number of benzene rings is 1. The van der Waals surface area contributed by atoms with E-state index in [1.165, 1.54) is 31.0 Å². The fourth-order valence-corrected chi connectivity index (χ4v) is 7.42. The zero-order valence-corrected chi connectivity index (χ0v) is 18.7. The van der Waals surface area contributed by atoms with Crippen LogP contribution >= 0.6 is 11.8 Å². The second-order valence-electron chi connectivity index (χ2n) is 9.88. The highest BCUT2D eigenvalue weighted by atomic mass is 32.2. The van der Waals surface area contributed by atoms with Gasteiger partial charge in [-0.25, -0.2) is 4.98 Å². The molecular formula is C24H31N3O2S. The highest BCUT2D eigenvalue weighted by Crippen LogP contribution is 2.55. The molecule has 4 aliphatic carbocycles. The molecule has 6 heteroatoms. The summed E-state index contributed by atoms with van der Waals surface area (Å²) in [5.41, 5.74) is 0.713. The van der Waals surface area contributed by atoms with Gasteiger partial charge in [-0.1, -0.05) is 30.8 Å². The first-order valence-corrected chi connectivity index (χ1v) is 12.4. The number of hydrogen-bond acceptors (Lipinski definition) is 4. The normalized spacial score (nSPS) is 30.5. The number of thioether (sulfide) groups is 1. The molecule has 6 rings (SSSR count). The molecule has 0 aliphatic heterocycles. The Balaban J connectivity index is 1.35. The Labute approximate surface area is 182 Å². The molecule has 0 spiro atoms. The van der Waals surface area contributed by atoms with Crippen molar-refractivity contribution in [3.05, 3.63) is 34.6 Å². The highest BCUT2D eigenvalue weighted by molar-refractivity contribution is 7.99. The van der Waals surface area contributed by atoms with Crippen molar-refractivity contribution in [2.45, 2.75) is 75.5 Å². The molecule has 4 fully saturated rings. The average Bonchev–Trinajstić information content (AvgIpc) is 2.70. The number of aromatic nitrogens is 2. The molecule has 5 nitrogen and oxygen atoms in total. The SMILES string of the molecule is CC[C@@H](C)n1c(SCC(=O)NC23CC4CC(CC(C4)C2)C3)nc2ccccc2c1=O. The molecule has 1 aromatic heterocycles. The maximum atomic E-state index is 13.1. The van der Waals surface area contributed by atoms with Crippen LogP contribution in [0.3, 0.4) is 0 Å². The lowest BCUT2D eigenvalue weighted by Crippen LogP contribution is -2.60. The van der Waals surface area contributed by atoms with Crippen molar-refractivity contribution in [2.75, 3.05) is 5.75 Å². The van der Waals surface area contributed by atoms with Gasteiger partial charge in [0, 0.05) is 11.6 Å². The Kier molecular flexibility index (Phi) is 5.16. The highest BCUT2D eigenvalue weighted by Gasteiger charge is 2.51. The topological polar surface area (TPSA) is 64.0 Å². The third kappa shape index (κ3) is 3.57. The largest absolute Gasteiger partial charge is 0.350 e. The molecule has 2 aromatic rings.